The minimum Gasteiger partial charge on any atom is -0.497 e. The van der Waals surface area contributed by atoms with Crippen molar-refractivity contribution in [2.24, 2.45) is 0 Å². The topological polar surface area (TPSA) is 38.3 Å². The first-order chi connectivity index (χ1) is 12.7. The van der Waals surface area contributed by atoms with Gasteiger partial charge in [-0.3, -0.25) is 0 Å². The van der Waals surface area contributed by atoms with Gasteiger partial charge in [-0.15, -0.1) is 23.1 Å². The van der Waals surface area contributed by atoms with Gasteiger partial charge in [-0.05, 0) is 57.6 Å². The quantitative estimate of drug-likeness (QED) is 0.600. The molecule has 0 bridgehead atoms. The highest BCUT2D eigenvalue weighted by atomic mass is 32.2. The molecule has 0 saturated carbocycles. The number of hydrogen-bond acceptors (Lipinski definition) is 6. The van der Waals surface area contributed by atoms with Crippen LogP contribution in [0.15, 0.2) is 35.6 Å². The number of thioether (sulfide) groups is 1. The summed E-state index contributed by atoms with van der Waals surface area (Å²) in [5.41, 5.74) is 2.47. The summed E-state index contributed by atoms with van der Waals surface area (Å²) in [6.45, 7) is 4.51. The van der Waals surface area contributed by atoms with Crippen LogP contribution in [0.2, 0.25) is 0 Å². The van der Waals surface area contributed by atoms with Gasteiger partial charge in [0.2, 0.25) is 0 Å². The zero-order valence-corrected chi connectivity index (χ0v) is 17.0. The van der Waals surface area contributed by atoms with Gasteiger partial charge in [0, 0.05) is 15.7 Å². The van der Waals surface area contributed by atoms with Crippen LogP contribution in [0.4, 0.5) is 0 Å². The van der Waals surface area contributed by atoms with Crippen LogP contribution < -0.4 is 4.74 Å². The molecular weight excluding hydrogens is 362 g/mol. The van der Waals surface area contributed by atoms with Crippen LogP contribution in [0, 0.1) is 6.92 Å². The minimum atomic E-state index is 0.633. The van der Waals surface area contributed by atoms with Crippen LogP contribution in [0.25, 0.3) is 21.3 Å². The van der Waals surface area contributed by atoms with E-state index in [4.69, 9.17) is 4.74 Å². The molecule has 1 aliphatic heterocycles. The number of piperidine rings is 1. The Morgan fingerprint density at radius 3 is 2.58 bits per heavy atom. The number of nitrogens with zero attached hydrogens (tertiary/aromatic N) is 3. The number of methoxy groups -OCH3 is 1. The molecule has 3 aromatic rings. The van der Waals surface area contributed by atoms with E-state index in [9.17, 15) is 0 Å². The van der Waals surface area contributed by atoms with Gasteiger partial charge in [-0.2, -0.15) is 0 Å². The zero-order valence-electron chi connectivity index (χ0n) is 15.4. The van der Waals surface area contributed by atoms with Crippen LogP contribution in [-0.2, 0) is 0 Å². The van der Waals surface area contributed by atoms with E-state index in [1.807, 2.05) is 23.9 Å². The molecule has 0 amide bonds. The first kappa shape index (κ1) is 17.8. The van der Waals surface area contributed by atoms with Gasteiger partial charge in [0.15, 0.2) is 0 Å². The first-order valence-corrected chi connectivity index (χ1v) is 10.6. The fourth-order valence-corrected chi connectivity index (χ4v) is 5.74. The Labute approximate surface area is 162 Å². The summed E-state index contributed by atoms with van der Waals surface area (Å²) in [6.07, 6.45) is 4.15. The number of rotatable bonds is 4. The Bertz CT molecular complexity index is 899. The van der Waals surface area contributed by atoms with Gasteiger partial charge >= 0.3 is 0 Å². The van der Waals surface area contributed by atoms with E-state index in [2.05, 4.69) is 41.0 Å². The van der Waals surface area contributed by atoms with E-state index in [0.717, 1.165) is 15.6 Å². The molecule has 0 atom stereocenters. The molecule has 3 heterocycles. The monoisotopic (exact) mass is 385 g/mol. The maximum absolute atomic E-state index is 5.31. The summed E-state index contributed by atoms with van der Waals surface area (Å²) >= 11 is 3.69. The summed E-state index contributed by atoms with van der Waals surface area (Å²) in [7, 11) is 3.90. The Balaban J connectivity index is 1.74. The van der Waals surface area contributed by atoms with Crippen molar-refractivity contribution < 1.29 is 4.74 Å². The van der Waals surface area contributed by atoms with Crippen molar-refractivity contribution in [1.82, 2.24) is 14.9 Å². The van der Waals surface area contributed by atoms with E-state index in [-0.39, 0.29) is 0 Å². The standard InChI is InChI=1S/C20H23N3OS2/c1-13-17(14-4-6-15(24-3)7-5-14)18-19(25-13)21-12-22-20(18)26-16-8-10-23(2)11-9-16/h4-7,12,16H,8-11H2,1-3H3. The van der Waals surface area contributed by atoms with E-state index in [1.165, 1.54) is 47.3 Å². The highest BCUT2D eigenvalue weighted by Gasteiger charge is 2.22. The molecule has 1 fully saturated rings. The molecule has 0 radical (unpaired) electrons. The van der Waals surface area contributed by atoms with Crippen LogP contribution in [0.5, 0.6) is 5.75 Å². The number of likely N-dealkylation sites (tertiary alicyclic amines) is 1. The van der Waals surface area contributed by atoms with Crippen molar-refractivity contribution in [2.75, 3.05) is 27.2 Å². The van der Waals surface area contributed by atoms with Crippen LogP contribution in [-0.4, -0.2) is 47.4 Å². The molecule has 4 rings (SSSR count). The normalized spacial score (nSPS) is 16.3. The maximum Gasteiger partial charge on any atom is 0.128 e. The lowest BCUT2D eigenvalue weighted by molar-refractivity contribution is 0.282. The second-order valence-corrected chi connectivity index (χ2v) is 9.23. The number of aromatic nitrogens is 2. The van der Waals surface area contributed by atoms with Crippen LogP contribution >= 0.6 is 23.1 Å². The molecule has 1 saturated heterocycles. The van der Waals surface area contributed by atoms with Crippen LogP contribution in [0.1, 0.15) is 17.7 Å². The van der Waals surface area contributed by atoms with E-state index in [0.29, 0.717) is 5.25 Å². The second kappa shape index (κ2) is 7.55. The van der Waals surface area contributed by atoms with E-state index < -0.39 is 0 Å². The molecule has 0 unspecified atom stereocenters. The van der Waals surface area contributed by atoms with Crippen molar-refractivity contribution in [2.45, 2.75) is 30.0 Å². The lowest BCUT2D eigenvalue weighted by atomic mass is 10.0. The zero-order chi connectivity index (χ0) is 18.1. The predicted octanol–water partition coefficient (Wildman–Crippen LogP) is 4.86. The highest BCUT2D eigenvalue weighted by molar-refractivity contribution is 8.00. The Hall–Kier alpha value is -1.63. The summed E-state index contributed by atoms with van der Waals surface area (Å²) < 4.78 is 5.31. The van der Waals surface area contributed by atoms with E-state index >= 15 is 0 Å². The maximum atomic E-state index is 5.31. The third kappa shape index (κ3) is 3.46. The molecule has 136 valence electrons. The summed E-state index contributed by atoms with van der Waals surface area (Å²) in [5, 5.41) is 2.97. The number of thiophene rings is 1. The fraction of sp³-hybridized carbons (Fsp3) is 0.400. The van der Waals surface area contributed by atoms with Crippen molar-refractivity contribution in [3.63, 3.8) is 0 Å². The number of benzene rings is 1. The molecule has 26 heavy (non-hydrogen) atoms. The Kier molecular flexibility index (Phi) is 5.16. The molecule has 0 aliphatic carbocycles. The molecule has 4 nitrogen and oxygen atoms in total. The molecular formula is C20H23N3OS2. The van der Waals surface area contributed by atoms with Gasteiger partial charge in [0.1, 0.15) is 21.9 Å². The summed E-state index contributed by atoms with van der Waals surface area (Å²) in [6, 6.07) is 8.30. The summed E-state index contributed by atoms with van der Waals surface area (Å²) in [4.78, 5) is 14.0. The predicted molar refractivity (Wildman–Crippen MR) is 111 cm³/mol. The van der Waals surface area contributed by atoms with Crippen molar-refractivity contribution in [3.8, 4) is 16.9 Å². The number of hydrogen-bond donors (Lipinski definition) is 0. The van der Waals surface area contributed by atoms with Gasteiger partial charge in [0.25, 0.3) is 0 Å². The van der Waals surface area contributed by atoms with Gasteiger partial charge in [0.05, 0.1) is 12.5 Å². The third-order valence-electron chi connectivity index (χ3n) is 4.95. The van der Waals surface area contributed by atoms with Crippen molar-refractivity contribution >= 4 is 33.3 Å². The fourth-order valence-electron chi connectivity index (χ4n) is 3.47. The molecule has 6 heteroatoms. The van der Waals surface area contributed by atoms with Crippen LogP contribution in [0.3, 0.4) is 0 Å². The van der Waals surface area contributed by atoms with E-state index in [1.54, 1.807) is 24.8 Å². The molecule has 0 N–H and O–H groups in total. The number of fused-ring (bicyclic) bond motifs is 1. The smallest absolute Gasteiger partial charge is 0.128 e. The van der Waals surface area contributed by atoms with Gasteiger partial charge in [-0.25, -0.2) is 9.97 Å². The van der Waals surface area contributed by atoms with Gasteiger partial charge < -0.3 is 9.64 Å². The lowest BCUT2D eigenvalue weighted by Gasteiger charge is -2.28. The minimum absolute atomic E-state index is 0.633. The highest BCUT2D eigenvalue weighted by Crippen LogP contribution is 2.43. The second-order valence-electron chi connectivity index (χ2n) is 6.74. The largest absolute Gasteiger partial charge is 0.497 e. The average molecular weight is 386 g/mol. The van der Waals surface area contributed by atoms with Crippen molar-refractivity contribution in [3.05, 3.63) is 35.5 Å². The Morgan fingerprint density at radius 1 is 1.15 bits per heavy atom. The molecule has 2 aromatic heterocycles. The SMILES string of the molecule is COc1ccc(-c2c(C)sc3ncnc(SC4CCN(C)CC4)c23)cc1. The lowest BCUT2D eigenvalue weighted by Crippen LogP contribution is -2.31. The van der Waals surface area contributed by atoms with Gasteiger partial charge in [-0.1, -0.05) is 12.1 Å². The molecule has 1 aromatic carbocycles. The molecule has 1 aliphatic rings. The number of ether oxygens (including phenoxy) is 1. The van der Waals surface area contributed by atoms with Crippen molar-refractivity contribution in [1.29, 1.82) is 0 Å². The third-order valence-corrected chi connectivity index (χ3v) is 7.30. The molecule has 0 spiro atoms. The first-order valence-electron chi connectivity index (χ1n) is 8.89. The average Bonchev–Trinajstić information content (AvgIpc) is 3.00. The summed E-state index contributed by atoms with van der Waals surface area (Å²) in [5.74, 6) is 0.878. The Morgan fingerprint density at radius 2 is 1.88 bits per heavy atom. The number of aryl methyl sites for hydroxylation is 1.